The first-order valence-corrected chi connectivity index (χ1v) is 3.66. The Kier molecular flexibility index (Phi) is 3.50. The number of ether oxygens (including phenoxy) is 1. The number of carbonyl (C=O) groups excluding carboxylic acids is 1. The van der Waals surface area contributed by atoms with Gasteiger partial charge in [0.2, 0.25) is 0 Å². The Bertz CT molecular complexity index is 295. The van der Waals surface area contributed by atoms with Gasteiger partial charge in [-0.15, -0.1) is 0 Å². The van der Waals surface area contributed by atoms with E-state index in [-0.39, 0.29) is 0 Å². The minimum atomic E-state index is -0.545. The molecule has 4 nitrogen and oxygen atoms in total. The summed E-state index contributed by atoms with van der Waals surface area (Å²) in [6.07, 6.45) is 0.965. The molecule has 0 amide bonds. The van der Waals surface area contributed by atoms with Crippen molar-refractivity contribution in [3.63, 3.8) is 0 Å². The number of para-hydroxylation sites is 1. The minimum Gasteiger partial charge on any atom is -0.465 e. The molecular formula is C9H9NO3. The number of hydrogen-bond acceptors (Lipinski definition) is 4. The third-order valence-corrected chi connectivity index (χ3v) is 1.26. The molecule has 1 rings (SSSR count). The van der Waals surface area contributed by atoms with E-state index in [9.17, 15) is 4.79 Å². The Morgan fingerprint density at radius 1 is 1.38 bits per heavy atom. The number of carbonyl (C=O) groups is 1. The lowest BCUT2D eigenvalue weighted by atomic mass is 10.3. The molecule has 0 radical (unpaired) electrons. The van der Waals surface area contributed by atoms with Crippen LogP contribution in [0.4, 0.5) is 0 Å². The number of hydrogen-bond donors (Lipinski definition) is 0. The van der Waals surface area contributed by atoms with Gasteiger partial charge in [-0.05, 0) is 12.1 Å². The Morgan fingerprint density at radius 3 is 2.69 bits per heavy atom. The van der Waals surface area contributed by atoms with Gasteiger partial charge < -0.3 is 9.57 Å². The maximum absolute atomic E-state index is 10.6. The van der Waals surface area contributed by atoms with Gasteiger partial charge in [0, 0.05) is 0 Å². The molecule has 68 valence electrons. The minimum absolute atomic E-state index is 0.545. The van der Waals surface area contributed by atoms with Crippen molar-refractivity contribution in [2.75, 3.05) is 7.11 Å². The fourth-order valence-corrected chi connectivity index (χ4v) is 0.664. The van der Waals surface area contributed by atoms with Gasteiger partial charge in [-0.1, -0.05) is 23.4 Å². The highest BCUT2D eigenvalue weighted by Crippen LogP contribution is 2.07. The molecule has 1 aromatic carbocycles. The largest absolute Gasteiger partial charge is 0.465 e. The first-order valence-electron chi connectivity index (χ1n) is 3.66. The fraction of sp³-hybridized carbons (Fsp3) is 0.111. The molecule has 4 heteroatoms. The molecule has 0 N–H and O–H groups in total. The van der Waals surface area contributed by atoms with E-state index in [0.29, 0.717) is 5.75 Å². The Morgan fingerprint density at radius 2 is 2.08 bits per heavy atom. The second-order valence-electron chi connectivity index (χ2n) is 2.16. The third kappa shape index (κ3) is 3.37. The number of esters is 1. The monoisotopic (exact) mass is 179 g/mol. The molecule has 0 aliphatic rings. The van der Waals surface area contributed by atoms with Crippen LogP contribution in [0.25, 0.3) is 0 Å². The zero-order valence-corrected chi connectivity index (χ0v) is 7.14. The SMILES string of the molecule is COC(=O)C=NOc1ccccc1. The average molecular weight is 179 g/mol. The zero-order valence-electron chi connectivity index (χ0n) is 7.14. The van der Waals surface area contributed by atoms with Crippen LogP contribution in [0.1, 0.15) is 0 Å². The van der Waals surface area contributed by atoms with E-state index in [1.807, 2.05) is 18.2 Å². The lowest BCUT2D eigenvalue weighted by Gasteiger charge is -1.95. The van der Waals surface area contributed by atoms with Gasteiger partial charge >= 0.3 is 5.97 Å². The van der Waals surface area contributed by atoms with Gasteiger partial charge in [0.15, 0.2) is 12.0 Å². The van der Waals surface area contributed by atoms with E-state index in [1.54, 1.807) is 12.1 Å². The molecule has 0 unspecified atom stereocenters. The molecule has 0 aromatic heterocycles. The summed E-state index contributed by atoms with van der Waals surface area (Å²) in [4.78, 5) is 15.4. The van der Waals surface area contributed by atoms with Crippen LogP contribution >= 0.6 is 0 Å². The quantitative estimate of drug-likeness (QED) is 0.398. The van der Waals surface area contributed by atoms with Crippen LogP contribution in [0.2, 0.25) is 0 Å². The molecule has 0 aliphatic heterocycles. The van der Waals surface area contributed by atoms with Gasteiger partial charge in [0.05, 0.1) is 7.11 Å². The summed E-state index contributed by atoms with van der Waals surface area (Å²) in [6.45, 7) is 0. The smallest absolute Gasteiger partial charge is 0.352 e. The van der Waals surface area contributed by atoms with Crippen LogP contribution in [-0.4, -0.2) is 19.3 Å². The number of methoxy groups -OCH3 is 1. The Hall–Kier alpha value is -1.84. The summed E-state index contributed by atoms with van der Waals surface area (Å²) in [6, 6.07) is 8.94. The number of benzene rings is 1. The van der Waals surface area contributed by atoms with Crippen LogP contribution in [-0.2, 0) is 9.53 Å². The topological polar surface area (TPSA) is 47.9 Å². The van der Waals surface area contributed by atoms with Gasteiger partial charge in [0.25, 0.3) is 0 Å². The summed E-state index contributed by atoms with van der Waals surface area (Å²) in [7, 11) is 1.27. The number of oxime groups is 1. The van der Waals surface area contributed by atoms with Crippen molar-refractivity contribution in [3.05, 3.63) is 30.3 Å². The highest BCUT2D eigenvalue weighted by atomic mass is 16.6. The highest BCUT2D eigenvalue weighted by Gasteiger charge is 1.92. The Balaban J connectivity index is 2.44. The van der Waals surface area contributed by atoms with E-state index in [0.717, 1.165) is 6.21 Å². The molecule has 0 bridgehead atoms. The first-order chi connectivity index (χ1) is 6.33. The third-order valence-electron chi connectivity index (χ3n) is 1.26. The lowest BCUT2D eigenvalue weighted by molar-refractivity contribution is -0.132. The maximum Gasteiger partial charge on any atom is 0.352 e. The van der Waals surface area contributed by atoms with E-state index in [4.69, 9.17) is 4.84 Å². The van der Waals surface area contributed by atoms with Gasteiger partial charge in [-0.2, -0.15) is 0 Å². The molecule has 0 saturated carbocycles. The van der Waals surface area contributed by atoms with Gasteiger partial charge in [-0.25, -0.2) is 4.79 Å². The summed E-state index contributed by atoms with van der Waals surface area (Å²) >= 11 is 0. The summed E-state index contributed by atoms with van der Waals surface area (Å²) in [5.74, 6) is 0.0265. The van der Waals surface area contributed by atoms with Crippen LogP contribution in [0, 0.1) is 0 Å². The van der Waals surface area contributed by atoms with Crippen LogP contribution in [0.5, 0.6) is 5.75 Å². The normalized spacial score (nSPS) is 9.92. The molecule has 0 atom stereocenters. The van der Waals surface area contributed by atoms with Gasteiger partial charge in [0.1, 0.15) is 0 Å². The second-order valence-corrected chi connectivity index (χ2v) is 2.16. The predicted octanol–water partition coefficient (Wildman–Crippen LogP) is 1.22. The van der Waals surface area contributed by atoms with Crippen LogP contribution in [0.3, 0.4) is 0 Å². The van der Waals surface area contributed by atoms with E-state index >= 15 is 0 Å². The molecule has 0 saturated heterocycles. The molecule has 1 aromatic rings. The molecular weight excluding hydrogens is 170 g/mol. The van der Waals surface area contributed by atoms with E-state index in [1.165, 1.54) is 7.11 Å². The predicted molar refractivity (Wildman–Crippen MR) is 47.6 cm³/mol. The van der Waals surface area contributed by atoms with Crippen LogP contribution in [0.15, 0.2) is 35.5 Å². The summed E-state index contributed by atoms with van der Waals surface area (Å²) < 4.78 is 4.32. The standard InChI is InChI=1S/C9H9NO3/c1-12-9(11)7-10-13-8-5-3-2-4-6-8/h2-7H,1H3. The summed E-state index contributed by atoms with van der Waals surface area (Å²) in [5.41, 5.74) is 0. The van der Waals surface area contributed by atoms with Crippen molar-refractivity contribution in [1.29, 1.82) is 0 Å². The van der Waals surface area contributed by atoms with Gasteiger partial charge in [-0.3, -0.25) is 0 Å². The van der Waals surface area contributed by atoms with Crippen LogP contribution < -0.4 is 4.84 Å². The number of rotatable bonds is 3. The number of nitrogens with zero attached hydrogens (tertiary/aromatic N) is 1. The first kappa shape index (κ1) is 9.25. The highest BCUT2D eigenvalue weighted by molar-refractivity contribution is 6.22. The van der Waals surface area contributed by atoms with E-state index in [2.05, 4.69) is 9.89 Å². The zero-order chi connectivity index (χ0) is 9.52. The van der Waals surface area contributed by atoms with Crippen molar-refractivity contribution >= 4 is 12.2 Å². The molecule has 0 heterocycles. The molecule has 0 aliphatic carbocycles. The summed E-state index contributed by atoms with van der Waals surface area (Å²) in [5, 5.41) is 3.41. The fourth-order valence-electron chi connectivity index (χ4n) is 0.664. The van der Waals surface area contributed by atoms with Crippen molar-refractivity contribution in [1.82, 2.24) is 0 Å². The second kappa shape index (κ2) is 4.92. The van der Waals surface area contributed by atoms with Crippen molar-refractivity contribution in [2.24, 2.45) is 5.16 Å². The molecule has 13 heavy (non-hydrogen) atoms. The average Bonchev–Trinajstić information content (AvgIpc) is 2.19. The molecule has 0 spiro atoms. The Labute approximate surface area is 75.8 Å². The van der Waals surface area contributed by atoms with Crippen molar-refractivity contribution < 1.29 is 14.4 Å². The van der Waals surface area contributed by atoms with Crippen molar-refractivity contribution in [2.45, 2.75) is 0 Å². The van der Waals surface area contributed by atoms with Crippen molar-refractivity contribution in [3.8, 4) is 5.75 Å². The maximum atomic E-state index is 10.6. The van der Waals surface area contributed by atoms with E-state index < -0.39 is 5.97 Å². The lowest BCUT2D eigenvalue weighted by Crippen LogP contribution is -2.01. The molecule has 0 fully saturated rings.